The Hall–Kier alpha value is -1.41. The Morgan fingerprint density at radius 2 is 1.76 bits per heavy atom. The molecule has 0 saturated carbocycles. The average Bonchev–Trinajstić information content (AvgIpc) is 2.58. The summed E-state index contributed by atoms with van der Waals surface area (Å²) in [6.07, 6.45) is 2.64. The first-order chi connectivity index (χ1) is 7.96. The van der Waals surface area contributed by atoms with Crippen LogP contribution in [0.2, 0.25) is 19.6 Å². The topological polar surface area (TPSA) is 17.1 Å². The second-order valence-electron chi connectivity index (χ2n) is 5.61. The van der Waals surface area contributed by atoms with Gasteiger partial charge >= 0.3 is 0 Å². The molecule has 0 aromatic heterocycles. The fourth-order valence-electron chi connectivity index (χ4n) is 2.11. The van der Waals surface area contributed by atoms with Gasteiger partial charge in [-0.2, -0.15) is 0 Å². The number of rotatable bonds is 2. The van der Waals surface area contributed by atoms with Crippen molar-refractivity contribution < 1.29 is 4.79 Å². The maximum absolute atomic E-state index is 12.0. The minimum atomic E-state index is -1.24. The summed E-state index contributed by atoms with van der Waals surface area (Å²) in [5.41, 5.74) is 5.43. The lowest BCUT2D eigenvalue weighted by molar-refractivity contribution is -0.112. The lowest BCUT2D eigenvalue weighted by Gasteiger charge is -2.09. The lowest BCUT2D eigenvalue weighted by atomic mass is 10.1. The van der Waals surface area contributed by atoms with Crippen molar-refractivity contribution in [1.82, 2.24) is 0 Å². The molecule has 1 aromatic carbocycles. The molecule has 17 heavy (non-hydrogen) atoms. The quantitative estimate of drug-likeness (QED) is 0.720. The largest absolute Gasteiger partial charge is 0.294 e. The molecule has 0 heterocycles. The highest BCUT2D eigenvalue weighted by Gasteiger charge is 2.22. The van der Waals surface area contributed by atoms with E-state index >= 15 is 0 Å². The molecule has 2 heteroatoms. The fraction of sp³-hybridized carbons (Fsp3) is 0.267. The first-order valence-electron chi connectivity index (χ1n) is 5.98. The fourth-order valence-corrected chi connectivity index (χ4v) is 3.41. The first-order valence-corrected chi connectivity index (χ1v) is 9.55. The summed E-state index contributed by atoms with van der Waals surface area (Å²) < 4.78 is 0. The Balaban J connectivity index is 2.34. The van der Waals surface area contributed by atoms with Gasteiger partial charge in [-0.15, -0.1) is 0 Å². The molecule has 0 amide bonds. The van der Waals surface area contributed by atoms with E-state index in [4.69, 9.17) is 0 Å². The Morgan fingerprint density at radius 3 is 2.35 bits per heavy atom. The normalized spacial score (nSPS) is 18.6. The van der Waals surface area contributed by atoms with E-state index in [1.165, 1.54) is 5.57 Å². The van der Waals surface area contributed by atoms with Crippen molar-refractivity contribution in [3.8, 4) is 0 Å². The Labute approximate surface area is 104 Å². The van der Waals surface area contributed by atoms with E-state index in [0.29, 0.717) is 6.42 Å². The van der Waals surface area contributed by atoms with E-state index in [2.05, 4.69) is 31.4 Å². The molecule has 0 N–H and O–H groups in total. The molecule has 0 unspecified atom stereocenters. The van der Waals surface area contributed by atoms with Gasteiger partial charge in [-0.1, -0.05) is 55.7 Å². The second-order valence-corrected chi connectivity index (χ2v) is 10.6. The zero-order valence-electron chi connectivity index (χ0n) is 10.7. The van der Waals surface area contributed by atoms with E-state index < -0.39 is 8.07 Å². The highest BCUT2D eigenvalue weighted by Crippen LogP contribution is 2.29. The van der Waals surface area contributed by atoms with Gasteiger partial charge in [-0.25, -0.2) is 0 Å². The third-order valence-electron chi connectivity index (χ3n) is 2.70. The Bertz CT molecular complexity index is 489. The van der Waals surface area contributed by atoms with Crippen LogP contribution in [0.15, 0.2) is 47.7 Å². The molecular weight excluding hydrogens is 224 g/mol. The molecule has 1 aliphatic rings. The van der Waals surface area contributed by atoms with Crippen molar-refractivity contribution in [2.24, 2.45) is 0 Å². The van der Waals surface area contributed by atoms with Crippen LogP contribution in [0.1, 0.15) is 12.0 Å². The number of ketones is 1. The molecule has 1 nitrogen and oxygen atoms in total. The van der Waals surface area contributed by atoms with Gasteiger partial charge in [-0.3, -0.25) is 4.79 Å². The summed E-state index contributed by atoms with van der Waals surface area (Å²) in [6.45, 7) is 6.87. The van der Waals surface area contributed by atoms with Crippen molar-refractivity contribution in [2.75, 3.05) is 0 Å². The zero-order valence-corrected chi connectivity index (χ0v) is 11.7. The van der Waals surface area contributed by atoms with Crippen LogP contribution in [0.25, 0.3) is 5.57 Å². The number of hydrogen-bond acceptors (Lipinski definition) is 1. The molecule has 0 fully saturated rings. The second kappa shape index (κ2) is 4.45. The number of hydrogen-bond donors (Lipinski definition) is 0. The average molecular weight is 242 g/mol. The van der Waals surface area contributed by atoms with Gasteiger partial charge in [0.1, 0.15) is 0 Å². The van der Waals surface area contributed by atoms with Crippen molar-refractivity contribution in [3.05, 3.63) is 53.2 Å². The number of carbonyl (C=O) groups is 1. The van der Waals surface area contributed by atoms with E-state index in [9.17, 15) is 4.79 Å². The summed E-state index contributed by atoms with van der Waals surface area (Å²) >= 11 is 0. The van der Waals surface area contributed by atoms with Crippen LogP contribution >= 0.6 is 0 Å². The minimum absolute atomic E-state index is 0.251. The third-order valence-corrected chi connectivity index (χ3v) is 3.93. The number of Topliss-reactive ketones (excluding diaryl/α,β-unsaturated/α-hetero) is 1. The molecule has 0 atom stereocenters. The van der Waals surface area contributed by atoms with Gasteiger partial charge in [0.2, 0.25) is 0 Å². The van der Waals surface area contributed by atoms with Crippen molar-refractivity contribution in [2.45, 2.75) is 26.1 Å². The maximum atomic E-state index is 12.0. The minimum Gasteiger partial charge on any atom is -0.294 e. The summed E-state index contributed by atoms with van der Waals surface area (Å²) in [7, 11) is -1.24. The van der Waals surface area contributed by atoms with Gasteiger partial charge in [-0.05, 0) is 17.2 Å². The van der Waals surface area contributed by atoms with Crippen LogP contribution in [-0.2, 0) is 4.79 Å². The molecule has 88 valence electrons. The zero-order chi connectivity index (χ0) is 12.5. The molecule has 1 aromatic rings. The van der Waals surface area contributed by atoms with Crippen molar-refractivity contribution in [1.29, 1.82) is 0 Å². The molecule has 0 saturated heterocycles. The summed E-state index contributed by atoms with van der Waals surface area (Å²) in [6, 6.07) is 9.93. The van der Waals surface area contributed by atoms with Gasteiger partial charge in [0.25, 0.3) is 0 Å². The highest BCUT2D eigenvalue weighted by atomic mass is 28.3. The van der Waals surface area contributed by atoms with Crippen molar-refractivity contribution >= 4 is 19.4 Å². The smallest absolute Gasteiger partial charge is 0.167 e. The first kappa shape index (κ1) is 12.1. The van der Waals surface area contributed by atoms with Crippen LogP contribution in [0, 0.1) is 0 Å². The van der Waals surface area contributed by atoms with E-state index in [1.54, 1.807) is 0 Å². The lowest BCUT2D eigenvalue weighted by Crippen LogP contribution is -2.16. The molecule has 2 rings (SSSR count). The number of allylic oxidation sites excluding steroid dienone is 3. The summed E-state index contributed by atoms with van der Waals surface area (Å²) in [5.74, 6) is 0.251. The predicted molar refractivity (Wildman–Crippen MR) is 75.5 cm³/mol. The van der Waals surface area contributed by atoms with E-state index in [1.807, 2.05) is 30.3 Å². The monoisotopic (exact) mass is 242 g/mol. The van der Waals surface area contributed by atoms with Gasteiger partial charge in [0, 0.05) is 12.0 Å². The summed E-state index contributed by atoms with van der Waals surface area (Å²) in [4.78, 5) is 12.0. The van der Waals surface area contributed by atoms with Gasteiger partial charge in [0.05, 0.1) is 8.07 Å². The van der Waals surface area contributed by atoms with E-state index in [0.717, 1.165) is 11.1 Å². The third kappa shape index (κ3) is 3.04. The van der Waals surface area contributed by atoms with Gasteiger partial charge in [0.15, 0.2) is 5.78 Å². The number of benzene rings is 1. The molecule has 0 aliphatic heterocycles. The SMILES string of the molecule is C[Si](C)(C)/C=C1\C=C(c2ccccc2)C(=O)C1. The summed E-state index contributed by atoms with van der Waals surface area (Å²) in [5, 5.41) is 0. The van der Waals surface area contributed by atoms with E-state index in [-0.39, 0.29) is 5.78 Å². The number of carbonyl (C=O) groups excluding carboxylic acids is 1. The van der Waals surface area contributed by atoms with Crippen LogP contribution in [0.5, 0.6) is 0 Å². The standard InChI is InChI=1S/C15H18OSi/c1-17(2,3)11-12-9-14(15(16)10-12)13-7-5-4-6-8-13/h4-9,11H,10H2,1-3H3/b12-11+. The Kier molecular flexibility index (Phi) is 3.16. The molecule has 0 bridgehead atoms. The molecule has 0 spiro atoms. The van der Waals surface area contributed by atoms with Crippen LogP contribution < -0.4 is 0 Å². The van der Waals surface area contributed by atoms with Gasteiger partial charge < -0.3 is 0 Å². The Morgan fingerprint density at radius 1 is 1.12 bits per heavy atom. The molecular formula is C15H18OSi. The van der Waals surface area contributed by atoms with Crippen LogP contribution in [0.4, 0.5) is 0 Å². The molecule has 1 aliphatic carbocycles. The van der Waals surface area contributed by atoms with Crippen LogP contribution in [-0.4, -0.2) is 13.9 Å². The van der Waals surface area contributed by atoms with Crippen molar-refractivity contribution in [3.63, 3.8) is 0 Å². The van der Waals surface area contributed by atoms with Crippen LogP contribution in [0.3, 0.4) is 0 Å². The molecule has 0 radical (unpaired) electrons. The maximum Gasteiger partial charge on any atom is 0.167 e. The predicted octanol–water partition coefficient (Wildman–Crippen LogP) is 3.85. The highest BCUT2D eigenvalue weighted by molar-refractivity contribution is 6.81.